The van der Waals surface area contributed by atoms with Gasteiger partial charge in [0.05, 0.1) is 53.1 Å². The van der Waals surface area contributed by atoms with Gasteiger partial charge >= 0.3 is 5.97 Å². The molecule has 266 valence electrons. The van der Waals surface area contributed by atoms with E-state index in [-0.39, 0.29) is 17.3 Å². The van der Waals surface area contributed by atoms with Crippen LogP contribution in [0.5, 0.6) is 0 Å². The second-order valence-corrected chi connectivity index (χ2v) is 16.4. The van der Waals surface area contributed by atoms with Crippen molar-refractivity contribution in [1.82, 2.24) is 8.97 Å². The lowest BCUT2D eigenvalue weighted by Crippen LogP contribution is -2.42. The first kappa shape index (κ1) is 37.3. The van der Waals surface area contributed by atoms with Crippen LogP contribution in [0.25, 0.3) is 0 Å². The van der Waals surface area contributed by atoms with Crippen LogP contribution in [0.4, 0.5) is 22.7 Å². The number of rotatable bonds is 15. The second-order valence-electron chi connectivity index (χ2n) is 16.4. The van der Waals surface area contributed by atoms with E-state index in [4.69, 9.17) is 5.11 Å². The van der Waals surface area contributed by atoms with Crippen LogP contribution in [0.1, 0.15) is 77.8 Å². The van der Waals surface area contributed by atoms with Gasteiger partial charge in [0.2, 0.25) is 5.69 Å². The Morgan fingerprint density at radius 1 is 0.780 bits per heavy atom. The molecule has 0 bridgehead atoms. The summed E-state index contributed by atoms with van der Waals surface area (Å²) >= 11 is 0. The van der Waals surface area contributed by atoms with E-state index in [1.807, 2.05) is 0 Å². The van der Waals surface area contributed by atoms with Gasteiger partial charge in [-0.1, -0.05) is 62.7 Å². The molecule has 0 aliphatic carbocycles. The largest absolute Gasteiger partial charge is 0.481 e. The van der Waals surface area contributed by atoms with E-state index in [1.165, 1.54) is 45.3 Å². The molecule has 6 nitrogen and oxygen atoms in total. The Kier molecular flexibility index (Phi) is 10.9. The minimum Gasteiger partial charge on any atom is -0.481 e. The number of carbonyl (C=O) groups is 1. The summed E-state index contributed by atoms with van der Waals surface area (Å²) in [6, 6.07) is 26.9. The van der Waals surface area contributed by atoms with E-state index >= 15 is 0 Å². The van der Waals surface area contributed by atoms with Crippen LogP contribution >= 0.6 is 0 Å². The molecule has 0 fully saturated rings. The number of aliphatic carboxylic acids is 1. The van der Waals surface area contributed by atoms with Gasteiger partial charge in [0.1, 0.15) is 11.4 Å². The Morgan fingerprint density at radius 2 is 1.40 bits per heavy atom. The van der Waals surface area contributed by atoms with Crippen molar-refractivity contribution < 1.29 is 14.5 Å². The smallest absolute Gasteiger partial charge is 0.303 e. The van der Waals surface area contributed by atoms with Gasteiger partial charge in [0, 0.05) is 71.7 Å². The van der Waals surface area contributed by atoms with E-state index in [0.29, 0.717) is 0 Å². The van der Waals surface area contributed by atoms with Crippen LogP contribution in [-0.4, -0.2) is 75.7 Å². The van der Waals surface area contributed by atoms with E-state index in [9.17, 15) is 4.79 Å². The molecular formula is C44H61N4O2+3. The molecule has 0 atom stereocenters. The van der Waals surface area contributed by atoms with Crippen molar-refractivity contribution in [3.63, 3.8) is 0 Å². The zero-order valence-corrected chi connectivity index (χ0v) is 32.2. The Hall–Kier alpha value is -4.00. The van der Waals surface area contributed by atoms with E-state index in [2.05, 4.69) is 163 Å². The van der Waals surface area contributed by atoms with Crippen molar-refractivity contribution in [2.45, 2.75) is 77.6 Å². The van der Waals surface area contributed by atoms with Crippen molar-refractivity contribution in [3.05, 3.63) is 108 Å². The van der Waals surface area contributed by atoms with Gasteiger partial charge in [-0.15, -0.1) is 0 Å². The first-order valence-corrected chi connectivity index (χ1v) is 18.6. The number of hydrogen-bond acceptors (Lipinski definition) is 2. The van der Waals surface area contributed by atoms with Gasteiger partial charge in [-0.3, -0.25) is 13.8 Å². The zero-order valence-electron chi connectivity index (χ0n) is 32.2. The summed E-state index contributed by atoms with van der Waals surface area (Å²) in [6.45, 7) is 15.5. The molecule has 2 aliphatic heterocycles. The monoisotopic (exact) mass is 677 g/mol. The first-order valence-electron chi connectivity index (χ1n) is 18.6. The quantitative estimate of drug-likeness (QED) is 0.0991. The number of quaternary nitrogens is 2. The fraction of sp³-hybridized carbons (Fsp3) is 0.455. The van der Waals surface area contributed by atoms with Crippen LogP contribution < -0.4 is 13.9 Å². The normalized spacial score (nSPS) is 17.5. The fourth-order valence-electron chi connectivity index (χ4n) is 7.91. The number of para-hydroxylation sites is 2. The summed E-state index contributed by atoms with van der Waals surface area (Å²) in [5.41, 5.74) is 10.4. The number of carboxylic acid groups (broad SMARTS) is 1. The average molecular weight is 678 g/mol. The number of unbranched alkanes of at least 4 members (excludes halogenated alkanes) is 2. The average Bonchev–Trinajstić information content (AvgIpc) is 3.43. The third-order valence-electron chi connectivity index (χ3n) is 11.5. The van der Waals surface area contributed by atoms with Gasteiger partial charge in [0.15, 0.2) is 12.3 Å². The molecule has 0 aromatic heterocycles. The Bertz CT molecular complexity index is 1780. The topological polar surface area (TPSA) is 43.5 Å². The lowest BCUT2D eigenvalue weighted by Gasteiger charge is -2.31. The number of allylic oxidation sites excluding steroid dienone is 4. The highest BCUT2D eigenvalue weighted by atomic mass is 16.4. The van der Waals surface area contributed by atoms with E-state index < -0.39 is 5.97 Å². The van der Waals surface area contributed by atoms with Crippen molar-refractivity contribution in [2.75, 3.05) is 59.3 Å². The molecule has 0 saturated heterocycles. The molecule has 0 saturated carbocycles. The maximum absolute atomic E-state index is 11.1. The van der Waals surface area contributed by atoms with Gasteiger partial charge in [0.25, 0.3) is 0 Å². The lowest BCUT2D eigenvalue weighted by molar-refractivity contribution is -0.438. The highest BCUT2D eigenvalue weighted by Crippen LogP contribution is 2.48. The summed E-state index contributed by atoms with van der Waals surface area (Å²) in [6.07, 6.45) is 10.8. The Balaban J connectivity index is 1.40. The molecule has 0 unspecified atom stereocenters. The Labute approximate surface area is 301 Å². The Morgan fingerprint density at radius 3 is 2.06 bits per heavy atom. The van der Waals surface area contributed by atoms with Gasteiger partial charge in [-0.05, 0) is 51.3 Å². The predicted molar refractivity (Wildman–Crippen MR) is 213 cm³/mol. The third-order valence-corrected chi connectivity index (χ3v) is 11.5. The molecule has 3 aromatic rings. The minimum atomic E-state index is -0.713. The maximum Gasteiger partial charge on any atom is 0.303 e. The number of fused-ring (bicyclic) bond motifs is 2. The van der Waals surface area contributed by atoms with Crippen molar-refractivity contribution >= 4 is 34.4 Å². The molecule has 50 heavy (non-hydrogen) atoms. The summed E-state index contributed by atoms with van der Waals surface area (Å²) in [5.74, 6) is -0.713. The second kappa shape index (κ2) is 14.7. The van der Waals surface area contributed by atoms with Gasteiger partial charge < -0.3 is 10.0 Å². The highest BCUT2D eigenvalue weighted by Gasteiger charge is 2.44. The number of carboxylic acids is 1. The van der Waals surface area contributed by atoms with Gasteiger partial charge in [-0.25, -0.2) is 0 Å². The maximum atomic E-state index is 11.1. The zero-order chi connectivity index (χ0) is 36.3. The number of nitrogens with zero attached hydrogens (tertiary/aromatic N) is 4. The van der Waals surface area contributed by atoms with Crippen LogP contribution in [-0.2, 0) is 15.6 Å². The molecule has 6 heteroatoms. The molecule has 5 rings (SSSR count). The summed E-state index contributed by atoms with van der Waals surface area (Å²) < 4.78 is 4.29. The lowest BCUT2D eigenvalue weighted by atomic mass is 9.81. The summed E-state index contributed by atoms with van der Waals surface area (Å²) in [7, 11) is 9.18. The molecule has 2 aliphatic rings. The molecule has 0 radical (unpaired) electrons. The number of hydrogen-bond donors (Lipinski definition) is 1. The van der Waals surface area contributed by atoms with Crippen molar-refractivity contribution in [2.24, 2.45) is 0 Å². The van der Waals surface area contributed by atoms with Crippen molar-refractivity contribution in [3.8, 4) is 0 Å². The molecule has 0 spiro atoms. The number of benzene rings is 3. The van der Waals surface area contributed by atoms with Crippen LogP contribution in [0, 0.1) is 0 Å². The van der Waals surface area contributed by atoms with Crippen LogP contribution in [0.15, 0.2) is 96.7 Å². The van der Waals surface area contributed by atoms with Crippen LogP contribution in [0.2, 0.25) is 0 Å². The van der Waals surface area contributed by atoms with E-state index in [0.717, 1.165) is 60.8 Å². The number of anilines is 1. The molecule has 1 N–H and O–H groups in total. The molecule has 0 amide bonds. The molecule has 3 aromatic carbocycles. The SMILES string of the molecule is CC[N+](C)(C)c1ccc([N+](C)(C)CCC[N+]2=C(C=CC=C3N(CCCCCC(=O)O)c4ccccc4C3(C)C)C(C)(C)c3ccccc32)cc1. The van der Waals surface area contributed by atoms with Crippen LogP contribution in [0.3, 0.4) is 0 Å². The fourth-order valence-corrected chi connectivity index (χ4v) is 7.91. The molecular weight excluding hydrogens is 617 g/mol. The first-order chi connectivity index (χ1) is 23.6. The van der Waals surface area contributed by atoms with E-state index in [1.54, 1.807) is 0 Å². The predicted octanol–water partition coefficient (Wildman–Crippen LogP) is 9.19. The van der Waals surface area contributed by atoms with Crippen molar-refractivity contribution in [1.29, 1.82) is 0 Å². The standard InChI is InChI=1S/C44H60N4O2/c1-10-47(6,7)34-27-29-35(30-28-34)48(8,9)33-19-32-46-39-23-16-14-21-37(39)44(4,5)41(46)25-18-24-40-43(2,3)36-20-13-15-22-38(36)45(40)31-17-11-12-26-42(49)50/h13-16,18,20-25,27-30H,10-12,17,19,26,31-33H2,1-9H3/q+2/p+1. The highest BCUT2D eigenvalue weighted by molar-refractivity contribution is 6.03. The molecule has 2 heterocycles. The third kappa shape index (κ3) is 7.52. The van der Waals surface area contributed by atoms with Gasteiger partial charge in [-0.2, -0.15) is 4.58 Å². The summed E-state index contributed by atoms with van der Waals surface area (Å²) in [4.78, 5) is 13.5. The summed E-state index contributed by atoms with van der Waals surface area (Å²) in [5, 5.41) is 9.10. The minimum absolute atomic E-state index is 0.117.